The molecule has 1 aromatic carbocycles. The van der Waals surface area contributed by atoms with E-state index in [1.54, 1.807) is 6.20 Å². The van der Waals surface area contributed by atoms with Gasteiger partial charge in [-0.3, -0.25) is 3.97 Å². The van der Waals surface area contributed by atoms with E-state index in [4.69, 9.17) is 9.31 Å². The highest BCUT2D eigenvalue weighted by atomic mass is 32.2. The van der Waals surface area contributed by atoms with Gasteiger partial charge in [-0.15, -0.1) is 3.89 Å². The number of fused-ring (bicyclic) bond motifs is 1. The predicted molar refractivity (Wildman–Crippen MR) is 81.8 cm³/mol. The topological polar surface area (TPSA) is 23.4 Å². The molecule has 0 unspecified atom stereocenters. The van der Waals surface area contributed by atoms with Crippen LogP contribution < -0.4 is 5.46 Å². The summed E-state index contributed by atoms with van der Waals surface area (Å²) in [6, 6.07) is 7.74. The largest absolute Gasteiger partial charge is 0.494 e. The summed E-state index contributed by atoms with van der Waals surface area (Å²) in [5, 5.41) is 0.996. The maximum Gasteiger partial charge on any atom is 0.494 e. The lowest BCUT2D eigenvalue weighted by Crippen LogP contribution is -2.41. The Balaban J connectivity index is 1.99. The molecular formula is C14H17BFNO2S. The normalized spacial score (nSPS) is 20.8. The molecule has 6 heteroatoms. The van der Waals surface area contributed by atoms with E-state index in [9.17, 15) is 3.89 Å². The van der Waals surface area contributed by atoms with Crippen molar-refractivity contribution in [3.05, 3.63) is 30.5 Å². The molecule has 0 spiro atoms. The van der Waals surface area contributed by atoms with Gasteiger partial charge in [0.05, 0.1) is 16.7 Å². The highest BCUT2D eigenvalue weighted by Gasteiger charge is 2.51. The van der Waals surface area contributed by atoms with Crippen LogP contribution in [0.3, 0.4) is 0 Å². The third-order valence-electron chi connectivity index (χ3n) is 4.28. The van der Waals surface area contributed by atoms with E-state index in [2.05, 4.69) is 0 Å². The zero-order chi connectivity index (χ0) is 14.5. The number of nitrogens with zero attached hydrogens (tertiary/aromatic N) is 1. The van der Waals surface area contributed by atoms with Gasteiger partial charge in [-0.1, -0.05) is 12.1 Å². The van der Waals surface area contributed by atoms with Crippen molar-refractivity contribution in [2.75, 3.05) is 0 Å². The van der Waals surface area contributed by atoms with Crippen molar-refractivity contribution in [2.24, 2.45) is 0 Å². The molecule has 0 atom stereocenters. The molecule has 106 valence electrons. The lowest BCUT2D eigenvalue weighted by Gasteiger charge is -2.32. The Labute approximate surface area is 123 Å². The van der Waals surface area contributed by atoms with E-state index in [0.29, 0.717) is 0 Å². The van der Waals surface area contributed by atoms with Crippen molar-refractivity contribution in [2.45, 2.75) is 38.9 Å². The molecular weight excluding hydrogens is 276 g/mol. The van der Waals surface area contributed by atoms with E-state index in [1.807, 2.05) is 52.0 Å². The van der Waals surface area contributed by atoms with E-state index in [-0.39, 0.29) is 23.5 Å². The summed E-state index contributed by atoms with van der Waals surface area (Å²) in [6.45, 7) is 8.08. The lowest BCUT2D eigenvalue weighted by molar-refractivity contribution is 0.00578. The first-order chi connectivity index (χ1) is 9.34. The lowest BCUT2D eigenvalue weighted by atomic mass is 9.79. The number of rotatable bonds is 2. The third kappa shape index (κ3) is 2.06. The van der Waals surface area contributed by atoms with Crippen LogP contribution in [0.25, 0.3) is 10.9 Å². The fourth-order valence-corrected chi connectivity index (χ4v) is 2.65. The predicted octanol–water partition coefficient (Wildman–Crippen LogP) is 3.32. The smallest absolute Gasteiger partial charge is 0.399 e. The molecule has 1 aliphatic rings. The second-order valence-electron chi connectivity index (χ2n) is 6.12. The molecule has 1 aliphatic heterocycles. The average molecular weight is 293 g/mol. The van der Waals surface area contributed by atoms with Crippen molar-refractivity contribution in [1.82, 2.24) is 3.97 Å². The molecule has 1 aromatic heterocycles. The van der Waals surface area contributed by atoms with E-state index in [0.717, 1.165) is 16.4 Å². The zero-order valence-corrected chi connectivity index (χ0v) is 12.8. The van der Waals surface area contributed by atoms with Crippen LogP contribution in [-0.2, 0) is 9.31 Å². The Hall–Kier alpha value is -0.975. The molecule has 2 heterocycles. The molecule has 1 saturated heterocycles. The van der Waals surface area contributed by atoms with Crippen molar-refractivity contribution in [3.63, 3.8) is 0 Å². The molecule has 1 fully saturated rings. The summed E-state index contributed by atoms with van der Waals surface area (Å²) in [5.41, 5.74) is 0.988. The fourth-order valence-electron chi connectivity index (χ4n) is 2.31. The number of halogens is 1. The van der Waals surface area contributed by atoms with Gasteiger partial charge < -0.3 is 9.31 Å². The minimum Gasteiger partial charge on any atom is -0.399 e. The van der Waals surface area contributed by atoms with Gasteiger partial charge in [0.25, 0.3) is 0 Å². The van der Waals surface area contributed by atoms with Crippen molar-refractivity contribution >= 4 is 35.8 Å². The monoisotopic (exact) mass is 293 g/mol. The minimum atomic E-state index is -0.419. The van der Waals surface area contributed by atoms with Crippen LogP contribution in [0.2, 0.25) is 0 Å². The Morgan fingerprint density at radius 1 is 1.10 bits per heavy atom. The molecule has 0 aliphatic carbocycles. The summed E-state index contributed by atoms with van der Waals surface area (Å²) in [4.78, 5) is 0. The first-order valence-electron chi connectivity index (χ1n) is 6.60. The van der Waals surface area contributed by atoms with Crippen molar-refractivity contribution < 1.29 is 13.2 Å². The standard InChI is InChI=1S/C14H17BFNO2S/c1-13(2)14(3,4)19-15(18-13)11-6-5-10-7-8-17(20-16)12(10)9-11/h5-9H,1-4H3. The Morgan fingerprint density at radius 2 is 1.75 bits per heavy atom. The van der Waals surface area contributed by atoms with Crippen LogP contribution in [0, 0.1) is 0 Å². The molecule has 0 saturated carbocycles. The summed E-state index contributed by atoms with van der Waals surface area (Å²) < 4.78 is 26.4. The third-order valence-corrected chi connectivity index (χ3v) is 4.75. The van der Waals surface area contributed by atoms with Crippen LogP contribution >= 0.6 is 12.3 Å². The maximum atomic E-state index is 12.9. The van der Waals surface area contributed by atoms with Crippen LogP contribution in [0.4, 0.5) is 3.89 Å². The number of benzene rings is 1. The molecule has 0 amide bonds. The molecule has 3 nitrogen and oxygen atoms in total. The summed E-state index contributed by atoms with van der Waals surface area (Å²) >= 11 is 0.191. The SMILES string of the molecule is CC1(C)OB(c2ccc3ccn(SF)c3c2)OC1(C)C. The molecule has 0 bridgehead atoms. The molecule has 0 radical (unpaired) electrons. The highest BCUT2D eigenvalue weighted by molar-refractivity contribution is 7.92. The van der Waals surface area contributed by atoms with E-state index < -0.39 is 7.12 Å². The van der Waals surface area contributed by atoms with Crippen LogP contribution in [0.5, 0.6) is 0 Å². The highest BCUT2D eigenvalue weighted by Crippen LogP contribution is 2.36. The van der Waals surface area contributed by atoms with Crippen molar-refractivity contribution in [3.8, 4) is 0 Å². The van der Waals surface area contributed by atoms with Gasteiger partial charge in [-0.05, 0) is 45.3 Å². The van der Waals surface area contributed by atoms with E-state index in [1.165, 1.54) is 3.97 Å². The fraction of sp³-hybridized carbons (Fsp3) is 0.429. The molecule has 2 aromatic rings. The molecule has 0 N–H and O–H groups in total. The Morgan fingerprint density at radius 3 is 2.35 bits per heavy atom. The summed E-state index contributed by atoms with van der Waals surface area (Å²) in [6.07, 6.45) is 1.71. The van der Waals surface area contributed by atoms with Gasteiger partial charge in [-0.2, -0.15) is 0 Å². The summed E-state index contributed by atoms with van der Waals surface area (Å²) in [5.74, 6) is 0. The summed E-state index contributed by atoms with van der Waals surface area (Å²) in [7, 11) is -0.419. The second-order valence-corrected chi connectivity index (χ2v) is 6.65. The quantitative estimate of drug-likeness (QED) is 0.794. The van der Waals surface area contributed by atoms with E-state index >= 15 is 0 Å². The average Bonchev–Trinajstić information content (AvgIpc) is 2.87. The number of hydrogen-bond acceptors (Lipinski definition) is 3. The number of aromatic nitrogens is 1. The zero-order valence-electron chi connectivity index (χ0n) is 12.0. The van der Waals surface area contributed by atoms with Crippen LogP contribution in [0.15, 0.2) is 30.5 Å². The first-order valence-corrected chi connectivity index (χ1v) is 7.27. The van der Waals surface area contributed by atoms with Gasteiger partial charge in [0.15, 0.2) is 12.3 Å². The Kier molecular flexibility index (Phi) is 3.16. The maximum absolute atomic E-state index is 12.9. The molecule has 20 heavy (non-hydrogen) atoms. The molecule has 3 rings (SSSR count). The van der Waals surface area contributed by atoms with Gasteiger partial charge in [0.1, 0.15) is 0 Å². The first kappa shape index (κ1) is 14.0. The minimum absolute atomic E-state index is 0.191. The second kappa shape index (κ2) is 4.51. The van der Waals surface area contributed by atoms with Crippen LogP contribution in [-0.4, -0.2) is 22.3 Å². The Bertz CT molecular complexity index is 640. The van der Waals surface area contributed by atoms with Crippen LogP contribution in [0.1, 0.15) is 27.7 Å². The van der Waals surface area contributed by atoms with Gasteiger partial charge in [0, 0.05) is 11.6 Å². The van der Waals surface area contributed by atoms with Crippen molar-refractivity contribution in [1.29, 1.82) is 0 Å². The number of hydrogen-bond donors (Lipinski definition) is 0. The van der Waals surface area contributed by atoms with Gasteiger partial charge in [0.2, 0.25) is 0 Å². The van der Waals surface area contributed by atoms with Gasteiger partial charge in [-0.25, -0.2) is 0 Å². The van der Waals surface area contributed by atoms with Gasteiger partial charge >= 0.3 is 7.12 Å².